The van der Waals surface area contributed by atoms with E-state index in [2.05, 4.69) is 47.3 Å². The van der Waals surface area contributed by atoms with Crippen LogP contribution < -0.4 is 5.32 Å². The maximum atomic E-state index is 5.43. The van der Waals surface area contributed by atoms with Crippen molar-refractivity contribution in [1.29, 1.82) is 0 Å². The summed E-state index contributed by atoms with van der Waals surface area (Å²) >= 11 is 0. The average molecular weight is 242 g/mol. The van der Waals surface area contributed by atoms with Crippen LogP contribution in [-0.4, -0.2) is 30.6 Å². The van der Waals surface area contributed by atoms with Crippen LogP contribution in [0.3, 0.4) is 0 Å². The SMILES string of the molecule is C#CCN(CCC)CC1Cc2ccccc2CN1. The fourth-order valence-electron chi connectivity index (χ4n) is 2.64. The zero-order chi connectivity index (χ0) is 12.8. The van der Waals surface area contributed by atoms with Gasteiger partial charge in [-0.3, -0.25) is 4.90 Å². The minimum atomic E-state index is 0.528. The lowest BCUT2D eigenvalue weighted by Crippen LogP contribution is -2.45. The van der Waals surface area contributed by atoms with Crippen LogP contribution in [0.1, 0.15) is 24.5 Å². The van der Waals surface area contributed by atoms with Gasteiger partial charge in [0.2, 0.25) is 0 Å². The largest absolute Gasteiger partial charge is 0.308 e. The van der Waals surface area contributed by atoms with E-state index in [-0.39, 0.29) is 0 Å². The summed E-state index contributed by atoms with van der Waals surface area (Å²) in [6.45, 7) is 6.08. The number of benzene rings is 1. The van der Waals surface area contributed by atoms with E-state index in [9.17, 15) is 0 Å². The van der Waals surface area contributed by atoms with Gasteiger partial charge in [0.1, 0.15) is 0 Å². The van der Waals surface area contributed by atoms with Gasteiger partial charge in [0.05, 0.1) is 6.54 Å². The number of rotatable bonds is 5. The van der Waals surface area contributed by atoms with Crippen LogP contribution in [0.4, 0.5) is 0 Å². The van der Waals surface area contributed by atoms with Crippen molar-refractivity contribution in [3.8, 4) is 12.3 Å². The molecule has 18 heavy (non-hydrogen) atoms. The molecule has 0 saturated heterocycles. The Morgan fingerprint density at radius 3 is 2.89 bits per heavy atom. The third-order valence-electron chi connectivity index (χ3n) is 3.50. The average Bonchev–Trinajstić information content (AvgIpc) is 2.39. The topological polar surface area (TPSA) is 15.3 Å². The van der Waals surface area contributed by atoms with Crippen LogP contribution in [0.25, 0.3) is 0 Å². The Morgan fingerprint density at radius 2 is 2.17 bits per heavy atom. The summed E-state index contributed by atoms with van der Waals surface area (Å²) in [5.74, 6) is 2.76. The van der Waals surface area contributed by atoms with Crippen molar-refractivity contribution in [1.82, 2.24) is 10.2 Å². The molecule has 0 radical (unpaired) electrons. The molecule has 1 aromatic rings. The number of fused-ring (bicyclic) bond motifs is 1. The minimum absolute atomic E-state index is 0.528. The molecule has 96 valence electrons. The molecule has 0 fully saturated rings. The third-order valence-corrected chi connectivity index (χ3v) is 3.50. The Balaban J connectivity index is 1.94. The highest BCUT2D eigenvalue weighted by Crippen LogP contribution is 2.16. The molecule has 2 heteroatoms. The second-order valence-corrected chi connectivity index (χ2v) is 4.99. The summed E-state index contributed by atoms with van der Waals surface area (Å²) in [5.41, 5.74) is 2.92. The van der Waals surface area contributed by atoms with Gasteiger partial charge in [-0.1, -0.05) is 37.1 Å². The molecule has 1 unspecified atom stereocenters. The zero-order valence-corrected chi connectivity index (χ0v) is 11.2. The highest BCUT2D eigenvalue weighted by Gasteiger charge is 2.19. The van der Waals surface area contributed by atoms with E-state index < -0.39 is 0 Å². The van der Waals surface area contributed by atoms with E-state index >= 15 is 0 Å². The summed E-state index contributed by atoms with van der Waals surface area (Å²) < 4.78 is 0. The molecule has 1 N–H and O–H groups in total. The third kappa shape index (κ3) is 3.35. The lowest BCUT2D eigenvalue weighted by molar-refractivity contribution is 0.261. The van der Waals surface area contributed by atoms with Crippen LogP contribution in [0.5, 0.6) is 0 Å². The summed E-state index contributed by atoms with van der Waals surface area (Å²) in [6, 6.07) is 9.23. The van der Waals surface area contributed by atoms with Crippen LogP contribution in [0.2, 0.25) is 0 Å². The molecule has 2 nitrogen and oxygen atoms in total. The Kier molecular flexibility index (Phi) is 4.81. The van der Waals surface area contributed by atoms with Crippen LogP contribution in [0.15, 0.2) is 24.3 Å². The van der Waals surface area contributed by atoms with E-state index in [1.165, 1.54) is 11.1 Å². The maximum Gasteiger partial charge on any atom is 0.0599 e. The number of hydrogen-bond donors (Lipinski definition) is 1. The molecule has 1 aromatic carbocycles. The molecular formula is C16H22N2. The lowest BCUT2D eigenvalue weighted by Gasteiger charge is -2.30. The number of nitrogens with one attached hydrogen (secondary N) is 1. The molecule has 0 aromatic heterocycles. The predicted molar refractivity (Wildman–Crippen MR) is 76.3 cm³/mol. The van der Waals surface area contributed by atoms with Gasteiger partial charge in [0, 0.05) is 19.1 Å². The number of nitrogens with zero attached hydrogens (tertiary/aromatic N) is 1. The first-order chi connectivity index (χ1) is 8.83. The van der Waals surface area contributed by atoms with Crippen LogP contribution in [-0.2, 0) is 13.0 Å². The predicted octanol–water partition coefficient (Wildman–Crippen LogP) is 2.05. The zero-order valence-electron chi connectivity index (χ0n) is 11.2. The van der Waals surface area contributed by atoms with Gasteiger partial charge in [-0.2, -0.15) is 0 Å². The molecule has 0 aliphatic carbocycles. The Morgan fingerprint density at radius 1 is 1.39 bits per heavy atom. The van der Waals surface area contributed by atoms with Gasteiger partial charge in [0.25, 0.3) is 0 Å². The highest BCUT2D eigenvalue weighted by atomic mass is 15.1. The normalized spacial score (nSPS) is 18.4. The van der Waals surface area contributed by atoms with Crippen molar-refractivity contribution < 1.29 is 0 Å². The standard InChI is InChI=1S/C16H22N2/c1-3-9-18(10-4-2)13-16-11-14-7-5-6-8-15(14)12-17-16/h1,5-8,16-17H,4,9-13H2,2H3. The van der Waals surface area contributed by atoms with E-state index in [1.807, 2.05) is 0 Å². The summed E-state index contributed by atoms with van der Waals surface area (Å²) in [6.07, 6.45) is 7.70. The van der Waals surface area contributed by atoms with Gasteiger partial charge in [-0.15, -0.1) is 6.42 Å². The van der Waals surface area contributed by atoms with Crippen molar-refractivity contribution in [3.05, 3.63) is 35.4 Å². The van der Waals surface area contributed by atoms with Gasteiger partial charge < -0.3 is 5.32 Å². The van der Waals surface area contributed by atoms with Gasteiger partial charge >= 0.3 is 0 Å². The number of terminal acetylenes is 1. The quantitative estimate of drug-likeness (QED) is 0.795. The molecule has 1 aliphatic heterocycles. The second kappa shape index (κ2) is 6.58. The summed E-state index contributed by atoms with van der Waals surface area (Å²) in [7, 11) is 0. The first-order valence-corrected chi connectivity index (χ1v) is 6.79. The lowest BCUT2D eigenvalue weighted by atomic mass is 9.95. The van der Waals surface area contributed by atoms with Crippen molar-refractivity contribution in [2.24, 2.45) is 0 Å². The van der Waals surface area contributed by atoms with Crippen molar-refractivity contribution in [2.75, 3.05) is 19.6 Å². The van der Waals surface area contributed by atoms with Crippen molar-refractivity contribution in [2.45, 2.75) is 32.4 Å². The Hall–Kier alpha value is -1.30. The van der Waals surface area contributed by atoms with Crippen LogP contribution >= 0.6 is 0 Å². The molecule has 1 atom stereocenters. The molecule has 0 saturated carbocycles. The monoisotopic (exact) mass is 242 g/mol. The Labute approximate surface area is 110 Å². The first-order valence-electron chi connectivity index (χ1n) is 6.79. The fourth-order valence-corrected chi connectivity index (χ4v) is 2.64. The Bertz CT molecular complexity index is 419. The summed E-state index contributed by atoms with van der Waals surface area (Å²) in [4.78, 5) is 2.37. The van der Waals surface area contributed by atoms with E-state index in [0.29, 0.717) is 6.04 Å². The fraction of sp³-hybridized carbons (Fsp3) is 0.500. The molecule has 0 spiro atoms. The molecule has 0 bridgehead atoms. The summed E-state index contributed by atoms with van der Waals surface area (Å²) in [5, 5.41) is 3.61. The smallest absolute Gasteiger partial charge is 0.0599 e. The highest BCUT2D eigenvalue weighted by molar-refractivity contribution is 5.29. The van der Waals surface area contributed by atoms with Gasteiger partial charge in [-0.25, -0.2) is 0 Å². The van der Waals surface area contributed by atoms with Crippen LogP contribution in [0, 0.1) is 12.3 Å². The van der Waals surface area contributed by atoms with Crippen molar-refractivity contribution in [3.63, 3.8) is 0 Å². The molecule has 2 rings (SSSR count). The minimum Gasteiger partial charge on any atom is -0.308 e. The number of hydrogen-bond acceptors (Lipinski definition) is 2. The van der Waals surface area contributed by atoms with Gasteiger partial charge in [0.15, 0.2) is 0 Å². The molecule has 1 heterocycles. The van der Waals surface area contributed by atoms with E-state index in [1.54, 1.807) is 0 Å². The maximum absolute atomic E-state index is 5.43. The van der Waals surface area contributed by atoms with E-state index in [0.717, 1.165) is 39.0 Å². The molecular weight excluding hydrogens is 220 g/mol. The van der Waals surface area contributed by atoms with Gasteiger partial charge in [-0.05, 0) is 30.5 Å². The molecule has 1 aliphatic rings. The second-order valence-electron chi connectivity index (χ2n) is 4.99. The van der Waals surface area contributed by atoms with E-state index in [4.69, 9.17) is 6.42 Å². The first kappa shape index (κ1) is 13.1. The molecule has 0 amide bonds. The van der Waals surface area contributed by atoms with Crippen molar-refractivity contribution >= 4 is 0 Å².